The SMILES string of the molecule is CN[C@@H](C)C(=O)N[C@@H](C)C(=O)N[C@@H](CC(N)=O)C(C)=O. The van der Waals surface area contributed by atoms with Crippen LogP contribution in [0.4, 0.5) is 0 Å². The molecular formula is C12H22N4O4. The van der Waals surface area contributed by atoms with E-state index in [1.165, 1.54) is 13.8 Å². The number of rotatable bonds is 8. The van der Waals surface area contributed by atoms with Crippen molar-refractivity contribution in [2.24, 2.45) is 5.73 Å². The highest BCUT2D eigenvalue weighted by atomic mass is 16.2. The number of carbonyl (C=O) groups excluding carboxylic acids is 4. The molecule has 0 saturated carbocycles. The molecule has 0 radical (unpaired) electrons. The molecule has 3 atom stereocenters. The molecule has 0 aromatic heterocycles. The first kappa shape index (κ1) is 18.0. The Kier molecular flexibility index (Phi) is 7.45. The minimum absolute atomic E-state index is 0.269. The van der Waals surface area contributed by atoms with E-state index in [0.717, 1.165) is 0 Å². The summed E-state index contributed by atoms with van der Waals surface area (Å²) in [6.07, 6.45) is -0.269. The van der Waals surface area contributed by atoms with Gasteiger partial charge in [0.05, 0.1) is 18.5 Å². The van der Waals surface area contributed by atoms with Crippen LogP contribution < -0.4 is 21.7 Å². The maximum Gasteiger partial charge on any atom is 0.242 e. The van der Waals surface area contributed by atoms with Gasteiger partial charge in [0.1, 0.15) is 6.04 Å². The van der Waals surface area contributed by atoms with Crippen LogP contribution in [-0.2, 0) is 19.2 Å². The second-order valence-electron chi connectivity index (χ2n) is 4.58. The topological polar surface area (TPSA) is 130 Å². The molecule has 114 valence electrons. The van der Waals surface area contributed by atoms with E-state index in [0.29, 0.717) is 0 Å². The van der Waals surface area contributed by atoms with Crippen LogP contribution in [0.5, 0.6) is 0 Å². The van der Waals surface area contributed by atoms with Gasteiger partial charge in [-0.1, -0.05) is 0 Å². The lowest BCUT2D eigenvalue weighted by atomic mass is 10.1. The van der Waals surface area contributed by atoms with Crippen molar-refractivity contribution < 1.29 is 19.2 Å². The third-order valence-electron chi connectivity index (χ3n) is 2.79. The van der Waals surface area contributed by atoms with Gasteiger partial charge < -0.3 is 21.7 Å². The average molecular weight is 286 g/mol. The van der Waals surface area contributed by atoms with E-state index in [-0.39, 0.29) is 18.1 Å². The fourth-order valence-electron chi connectivity index (χ4n) is 1.33. The van der Waals surface area contributed by atoms with E-state index in [1.807, 2.05) is 0 Å². The lowest BCUT2D eigenvalue weighted by Crippen LogP contribution is -2.53. The molecule has 20 heavy (non-hydrogen) atoms. The molecular weight excluding hydrogens is 264 g/mol. The van der Waals surface area contributed by atoms with E-state index in [9.17, 15) is 19.2 Å². The minimum atomic E-state index is -0.971. The Morgan fingerprint density at radius 2 is 1.50 bits per heavy atom. The van der Waals surface area contributed by atoms with Gasteiger partial charge in [-0.2, -0.15) is 0 Å². The van der Waals surface area contributed by atoms with Crippen LogP contribution in [0.25, 0.3) is 0 Å². The minimum Gasteiger partial charge on any atom is -0.370 e. The monoisotopic (exact) mass is 286 g/mol. The third kappa shape index (κ3) is 6.28. The van der Waals surface area contributed by atoms with Crippen LogP contribution in [0, 0.1) is 0 Å². The predicted molar refractivity (Wildman–Crippen MR) is 72.5 cm³/mol. The van der Waals surface area contributed by atoms with Gasteiger partial charge in [0.15, 0.2) is 5.78 Å². The maximum absolute atomic E-state index is 11.8. The number of likely N-dealkylation sites (N-methyl/N-ethyl adjacent to an activating group) is 1. The first-order valence-corrected chi connectivity index (χ1v) is 6.25. The summed E-state index contributed by atoms with van der Waals surface area (Å²) in [5.74, 6) is -1.96. The number of hydrogen-bond acceptors (Lipinski definition) is 5. The van der Waals surface area contributed by atoms with Crippen LogP contribution in [-0.4, -0.2) is 48.7 Å². The standard InChI is InChI=1S/C12H22N4O4/c1-6(14-4)11(19)15-7(2)12(20)16-9(8(3)17)5-10(13)18/h6-7,9,14H,5H2,1-4H3,(H2,13,18)(H,15,19)(H,16,20)/t6-,7-,9-/m0/s1. The second kappa shape index (κ2) is 8.26. The molecule has 0 spiro atoms. The van der Waals surface area contributed by atoms with Crippen molar-refractivity contribution in [2.75, 3.05) is 7.05 Å². The molecule has 8 heteroatoms. The smallest absolute Gasteiger partial charge is 0.242 e. The molecule has 0 bridgehead atoms. The summed E-state index contributed by atoms with van der Waals surface area (Å²) < 4.78 is 0. The summed E-state index contributed by atoms with van der Waals surface area (Å²) in [7, 11) is 1.62. The van der Waals surface area contributed by atoms with Gasteiger partial charge in [-0.3, -0.25) is 19.2 Å². The quantitative estimate of drug-likeness (QED) is 0.412. The third-order valence-corrected chi connectivity index (χ3v) is 2.79. The van der Waals surface area contributed by atoms with Crippen molar-refractivity contribution in [2.45, 2.75) is 45.3 Å². The Balaban J connectivity index is 4.53. The molecule has 3 amide bonds. The molecule has 0 aliphatic heterocycles. The van der Waals surface area contributed by atoms with Crippen molar-refractivity contribution >= 4 is 23.5 Å². The summed E-state index contributed by atoms with van der Waals surface area (Å²) in [4.78, 5) is 45.5. The second-order valence-corrected chi connectivity index (χ2v) is 4.58. The van der Waals surface area contributed by atoms with Crippen LogP contribution in [0.15, 0.2) is 0 Å². The van der Waals surface area contributed by atoms with Gasteiger partial charge in [-0.15, -0.1) is 0 Å². The van der Waals surface area contributed by atoms with Gasteiger partial charge in [0.25, 0.3) is 0 Å². The van der Waals surface area contributed by atoms with Crippen molar-refractivity contribution in [3.05, 3.63) is 0 Å². The normalized spacial score (nSPS) is 14.8. The van der Waals surface area contributed by atoms with Gasteiger partial charge in [-0.25, -0.2) is 0 Å². The highest BCUT2D eigenvalue weighted by Gasteiger charge is 2.24. The van der Waals surface area contributed by atoms with Crippen molar-refractivity contribution in [3.63, 3.8) is 0 Å². The van der Waals surface area contributed by atoms with Crippen LogP contribution in [0.3, 0.4) is 0 Å². The number of amides is 3. The first-order valence-electron chi connectivity index (χ1n) is 6.25. The zero-order valence-electron chi connectivity index (χ0n) is 12.1. The summed E-state index contributed by atoms with van der Waals surface area (Å²) in [5.41, 5.74) is 5.00. The summed E-state index contributed by atoms with van der Waals surface area (Å²) in [6, 6.07) is -2.24. The fraction of sp³-hybridized carbons (Fsp3) is 0.667. The molecule has 0 aromatic rings. The van der Waals surface area contributed by atoms with Crippen LogP contribution >= 0.6 is 0 Å². The molecule has 0 aromatic carbocycles. The lowest BCUT2D eigenvalue weighted by molar-refractivity contribution is -0.132. The Morgan fingerprint density at radius 1 is 1.00 bits per heavy atom. The van der Waals surface area contributed by atoms with Gasteiger partial charge in [0.2, 0.25) is 17.7 Å². The first-order chi connectivity index (χ1) is 9.18. The molecule has 8 nitrogen and oxygen atoms in total. The number of ketones is 1. The predicted octanol–water partition coefficient (Wildman–Crippen LogP) is -1.95. The molecule has 0 aliphatic rings. The Morgan fingerprint density at radius 3 is 1.90 bits per heavy atom. The number of nitrogens with two attached hydrogens (primary N) is 1. The molecule has 0 heterocycles. The Labute approximate surface area is 117 Å². The molecule has 0 saturated heterocycles. The fourth-order valence-corrected chi connectivity index (χ4v) is 1.33. The molecule has 5 N–H and O–H groups in total. The van der Waals surface area contributed by atoms with Crippen molar-refractivity contribution in [1.82, 2.24) is 16.0 Å². The zero-order valence-corrected chi connectivity index (χ0v) is 12.1. The summed E-state index contributed by atoms with van der Waals surface area (Å²) in [5, 5.41) is 7.61. The summed E-state index contributed by atoms with van der Waals surface area (Å²) in [6.45, 7) is 4.38. The lowest BCUT2D eigenvalue weighted by Gasteiger charge is -2.20. The Hall–Kier alpha value is -1.96. The van der Waals surface area contributed by atoms with Gasteiger partial charge >= 0.3 is 0 Å². The number of carbonyl (C=O) groups is 4. The van der Waals surface area contributed by atoms with E-state index in [2.05, 4.69) is 16.0 Å². The van der Waals surface area contributed by atoms with Crippen LogP contribution in [0.1, 0.15) is 27.2 Å². The van der Waals surface area contributed by atoms with Gasteiger partial charge in [0, 0.05) is 0 Å². The summed E-state index contributed by atoms with van der Waals surface area (Å²) >= 11 is 0. The molecule has 0 aliphatic carbocycles. The number of primary amides is 1. The van der Waals surface area contributed by atoms with Crippen LogP contribution in [0.2, 0.25) is 0 Å². The number of Topliss-reactive ketones (excluding diaryl/α,β-unsaturated/α-hetero) is 1. The Bertz CT molecular complexity index is 397. The molecule has 0 unspecified atom stereocenters. The highest BCUT2D eigenvalue weighted by Crippen LogP contribution is 1.95. The van der Waals surface area contributed by atoms with E-state index >= 15 is 0 Å². The molecule has 0 fully saturated rings. The van der Waals surface area contributed by atoms with E-state index < -0.39 is 29.9 Å². The van der Waals surface area contributed by atoms with Gasteiger partial charge in [-0.05, 0) is 27.8 Å². The van der Waals surface area contributed by atoms with E-state index in [4.69, 9.17) is 5.73 Å². The number of nitrogens with one attached hydrogen (secondary N) is 3. The van der Waals surface area contributed by atoms with Crippen molar-refractivity contribution in [3.8, 4) is 0 Å². The number of hydrogen-bond donors (Lipinski definition) is 4. The molecule has 0 rings (SSSR count). The largest absolute Gasteiger partial charge is 0.370 e. The maximum atomic E-state index is 11.8. The zero-order chi connectivity index (χ0) is 15.9. The average Bonchev–Trinajstić information content (AvgIpc) is 2.35. The highest BCUT2D eigenvalue weighted by molar-refractivity contribution is 5.94. The van der Waals surface area contributed by atoms with Crippen molar-refractivity contribution in [1.29, 1.82) is 0 Å². The van der Waals surface area contributed by atoms with E-state index in [1.54, 1.807) is 14.0 Å².